The molecule has 1 N–H and O–H groups in total. The molecule has 5 heteroatoms. The van der Waals surface area contributed by atoms with Gasteiger partial charge in [-0.25, -0.2) is 4.99 Å². The van der Waals surface area contributed by atoms with Crippen LogP contribution in [0.1, 0.15) is 17.3 Å². The lowest BCUT2D eigenvalue weighted by molar-refractivity contribution is 0.661. The van der Waals surface area contributed by atoms with Crippen molar-refractivity contribution in [3.8, 4) is 22.3 Å². The molecule has 3 heterocycles. The summed E-state index contributed by atoms with van der Waals surface area (Å²) in [5.74, 6) is 1.46. The molecule has 236 valence electrons. The number of hydrogen-bond donors (Lipinski definition) is 1. The van der Waals surface area contributed by atoms with Crippen LogP contribution in [0.15, 0.2) is 180 Å². The Morgan fingerprint density at radius 3 is 2.04 bits per heavy atom. The van der Waals surface area contributed by atoms with Crippen molar-refractivity contribution in [1.82, 2.24) is 9.88 Å². The predicted molar refractivity (Wildman–Crippen MR) is 211 cm³/mol. The maximum Gasteiger partial charge on any atom is 0.211 e. The molecule has 2 aromatic heterocycles. The van der Waals surface area contributed by atoms with Gasteiger partial charge in [-0.2, -0.15) is 4.99 Å². The van der Waals surface area contributed by atoms with E-state index >= 15 is 0 Å². The number of fused-ring (bicyclic) bond motifs is 6. The zero-order valence-corrected chi connectivity index (χ0v) is 27.8. The monoisotopic (exact) mass is 658 g/mol. The minimum absolute atomic E-state index is 0.286. The molecule has 1 unspecified atom stereocenters. The number of benzene rings is 7. The first kappa shape index (κ1) is 28.7. The fourth-order valence-corrected chi connectivity index (χ4v) is 8.53. The third-order valence-electron chi connectivity index (χ3n) is 9.67. The highest BCUT2D eigenvalue weighted by Gasteiger charge is 2.24. The van der Waals surface area contributed by atoms with Gasteiger partial charge in [-0.05, 0) is 52.1 Å². The van der Waals surface area contributed by atoms with Crippen LogP contribution in [-0.2, 0) is 0 Å². The minimum Gasteiger partial charge on any atom is -0.330 e. The molecule has 0 amide bonds. The molecule has 0 bridgehead atoms. The van der Waals surface area contributed by atoms with Crippen LogP contribution in [0.4, 0.5) is 0 Å². The number of nitrogens with zero attached hydrogens (tertiary/aromatic N) is 3. The van der Waals surface area contributed by atoms with Crippen molar-refractivity contribution in [2.75, 3.05) is 0 Å². The molecule has 7 aromatic carbocycles. The molecule has 10 rings (SSSR count). The summed E-state index contributed by atoms with van der Waals surface area (Å²) in [6.07, 6.45) is -0.286. The lowest BCUT2D eigenvalue weighted by Crippen LogP contribution is -2.37. The Kier molecular flexibility index (Phi) is 6.71. The smallest absolute Gasteiger partial charge is 0.211 e. The fraction of sp³-hybridized carbons (Fsp3) is 0.0222. The van der Waals surface area contributed by atoms with Crippen molar-refractivity contribution >= 4 is 65.1 Å². The van der Waals surface area contributed by atoms with Gasteiger partial charge in [0.1, 0.15) is 6.17 Å². The molecule has 0 radical (unpaired) electrons. The van der Waals surface area contributed by atoms with E-state index in [4.69, 9.17) is 9.98 Å². The Balaban J connectivity index is 1.14. The first-order valence-corrected chi connectivity index (χ1v) is 17.7. The number of thiophene rings is 1. The van der Waals surface area contributed by atoms with E-state index in [0.29, 0.717) is 5.84 Å². The van der Waals surface area contributed by atoms with E-state index in [1.54, 1.807) is 0 Å². The molecule has 0 aliphatic carbocycles. The normalized spacial score (nSPS) is 14.6. The molecule has 4 nitrogen and oxygen atoms in total. The maximum atomic E-state index is 5.19. The third kappa shape index (κ3) is 4.74. The van der Waals surface area contributed by atoms with E-state index in [1.165, 1.54) is 47.6 Å². The van der Waals surface area contributed by atoms with Gasteiger partial charge in [0.25, 0.3) is 0 Å². The van der Waals surface area contributed by atoms with Gasteiger partial charge in [0.15, 0.2) is 5.84 Å². The maximum absolute atomic E-state index is 5.19. The van der Waals surface area contributed by atoms with Gasteiger partial charge >= 0.3 is 0 Å². The van der Waals surface area contributed by atoms with Gasteiger partial charge in [0.2, 0.25) is 5.96 Å². The van der Waals surface area contributed by atoms with Crippen molar-refractivity contribution in [2.45, 2.75) is 6.17 Å². The van der Waals surface area contributed by atoms with Gasteiger partial charge in [-0.15, -0.1) is 11.3 Å². The molecule has 0 saturated carbocycles. The van der Waals surface area contributed by atoms with E-state index in [9.17, 15) is 0 Å². The SMILES string of the molecule is c1ccc(C2=NC(c3ccccc3)NC(n3c4ccccc4c4ccc(-c5cccc(-c6cccc7c6sc6ccccc67)c5)cc43)=N2)cc1. The average Bonchev–Trinajstić information content (AvgIpc) is 3.74. The highest BCUT2D eigenvalue weighted by atomic mass is 32.1. The van der Waals surface area contributed by atoms with Crippen LogP contribution < -0.4 is 5.32 Å². The number of amidine groups is 1. The summed E-state index contributed by atoms with van der Waals surface area (Å²) in [4.78, 5) is 10.3. The highest BCUT2D eigenvalue weighted by Crippen LogP contribution is 2.41. The molecule has 0 spiro atoms. The Morgan fingerprint density at radius 2 is 1.16 bits per heavy atom. The molecule has 0 saturated heterocycles. The van der Waals surface area contributed by atoms with E-state index in [2.05, 4.69) is 155 Å². The van der Waals surface area contributed by atoms with Crippen LogP contribution in [0.3, 0.4) is 0 Å². The Labute approximate surface area is 293 Å². The lowest BCUT2D eigenvalue weighted by Gasteiger charge is -2.24. The first-order valence-electron chi connectivity index (χ1n) is 16.9. The van der Waals surface area contributed by atoms with Crippen LogP contribution in [0, 0.1) is 0 Å². The van der Waals surface area contributed by atoms with Crippen molar-refractivity contribution in [2.24, 2.45) is 9.98 Å². The topological polar surface area (TPSA) is 41.7 Å². The van der Waals surface area contributed by atoms with Gasteiger partial charge in [-0.3, -0.25) is 4.57 Å². The van der Waals surface area contributed by atoms with Crippen molar-refractivity contribution in [3.05, 3.63) is 181 Å². The average molecular weight is 659 g/mol. The summed E-state index contributed by atoms with van der Waals surface area (Å²) in [6, 6.07) is 60.3. The number of nitrogens with one attached hydrogen (secondary N) is 1. The van der Waals surface area contributed by atoms with E-state index in [1.807, 2.05) is 35.6 Å². The standard InChI is InChI=1S/C45H30N4S/c1-3-13-29(14-4-1)43-46-44(30-15-5-2-6-16-30)48-45(47-43)49-39-23-9-7-19-35(39)36-26-25-32(28-40(36)49)31-17-11-18-33(27-31)34-21-12-22-38-37-20-8-10-24-41(37)50-42(34)38/h1-28,43H,(H,46,47,48). The van der Waals surface area contributed by atoms with E-state index < -0.39 is 0 Å². The molecule has 1 aliphatic heterocycles. The second-order valence-corrected chi connectivity index (χ2v) is 13.7. The summed E-state index contributed by atoms with van der Waals surface area (Å²) in [5, 5.41) is 8.70. The molecule has 50 heavy (non-hydrogen) atoms. The molecule has 0 fully saturated rings. The number of hydrogen-bond acceptors (Lipinski definition) is 4. The van der Waals surface area contributed by atoms with Crippen LogP contribution >= 0.6 is 11.3 Å². The fourth-order valence-electron chi connectivity index (χ4n) is 7.29. The Morgan fingerprint density at radius 1 is 0.500 bits per heavy atom. The molecular formula is C45H30N4S. The minimum atomic E-state index is -0.286. The van der Waals surface area contributed by atoms with Crippen LogP contribution in [0.2, 0.25) is 0 Å². The van der Waals surface area contributed by atoms with Crippen LogP contribution in [0.25, 0.3) is 64.2 Å². The van der Waals surface area contributed by atoms with Crippen LogP contribution in [-0.4, -0.2) is 16.4 Å². The number of rotatable bonds is 4. The summed E-state index contributed by atoms with van der Waals surface area (Å²) >= 11 is 1.87. The second-order valence-electron chi connectivity index (χ2n) is 12.7. The largest absolute Gasteiger partial charge is 0.330 e. The zero-order valence-electron chi connectivity index (χ0n) is 27.0. The number of aromatic nitrogens is 1. The number of para-hydroxylation sites is 1. The zero-order chi connectivity index (χ0) is 33.0. The third-order valence-corrected chi connectivity index (χ3v) is 10.9. The van der Waals surface area contributed by atoms with E-state index in [0.717, 1.165) is 33.7 Å². The summed E-state index contributed by atoms with van der Waals surface area (Å²) < 4.78 is 4.91. The van der Waals surface area contributed by atoms with Gasteiger partial charge in [0, 0.05) is 36.5 Å². The summed E-state index contributed by atoms with van der Waals surface area (Å²) in [5.41, 5.74) is 9.06. The van der Waals surface area contributed by atoms with Gasteiger partial charge in [0.05, 0.1) is 11.0 Å². The summed E-state index contributed by atoms with van der Waals surface area (Å²) in [7, 11) is 0. The quantitative estimate of drug-likeness (QED) is 0.201. The Bertz CT molecular complexity index is 2790. The highest BCUT2D eigenvalue weighted by molar-refractivity contribution is 7.26. The van der Waals surface area contributed by atoms with Crippen molar-refractivity contribution < 1.29 is 0 Å². The first-order chi connectivity index (χ1) is 24.8. The van der Waals surface area contributed by atoms with E-state index in [-0.39, 0.29) is 6.17 Å². The molecule has 1 atom stereocenters. The lowest BCUT2D eigenvalue weighted by atomic mass is 9.97. The van der Waals surface area contributed by atoms with Gasteiger partial charge in [-0.1, -0.05) is 146 Å². The number of aliphatic imine (C=N–C) groups is 2. The molecule has 1 aliphatic rings. The second kappa shape index (κ2) is 11.7. The van der Waals surface area contributed by atoms with Crippen molar-refractivity contribution in [1.29, 1.82) is 0 Å². The molecule has 9 aromatic rings. The predicted octanol–water partition coefficient (Wildman–Crippen LogP) is 11.4. The van der Waals surface area contributed by atoms with Gasteiger partial charge < -0.3 is 5.32 Å². The van der Waals surface area contributed by atoms with Crippen LogP contribution in [0.5, 0.6) is 0 Å². The van der Waals surface area contributed by atoms with Crippen molar-refractivity contribution in [3.63, 3.8) is 0 Å². The Hall–Kier alpha value is -6.30. The summed E-state index contributed by atoms with van der Waals surface area (Å²) in [6.45, 7) is 0. The molecular weight excluding hydrogens is 629 g/mol.